The van der Waals surface area contributed by atoms with Gasteiger partial charge in [-0.2, -0.15) is 0 Å². The van der Waals surface area contributed by atoms with Crippen molar-refractivity contribution in [1.82, 2.24) is 10.6 Å². The van der Waals surface area contributed by atoms with Gasteiger partial charge in [0.2, 0.25) is 5.91 Å². The van der Waals surface area contributed by atoms with Crippen LogP contribution in [0.4, 0.5) is 0 Å². The Morgan fingerprint density at radius 1 is 1.38 bits per heavy atom. The lowest BCUT2D eigenvalue weighted by molar-refractivity contribution is -0.120. The summed E-state index contributed by atoms with van der Waals surface area (Å²) in [5.41, 5.74) is 1.40. The number of carbonyl (C=O) groups excluding carboxylic acids is 1. The average Bonchev–Trinajstić information content (AvgIpc) is 3.09. The van der Waals surface area contributed by atoms with Gasteiger partial charge in [0.1, 0.15) is 0 Å². The molecule has 2 rings (SSSR count). The number of rotatable bonds is 5. The maximum atomic E-state index is 11.0. The number of hydrogen-bond acceptors (Lipinski definition) is 2. The quantitative estimate of drug-likeness (QED) is 0.781. The Hall–Kier alpha value is -1.35. The zero-order chi connectivity index (χ0) is 11.4. The van der Waals surface area contributed by atoms with Gasteiger partial charge in [-0.05, 0) is 12.0 Å². The smallest absolute Gasteiger partial charge is 0.221 e. The van der Waals surface area contributed by atoms with E-state index in [2.05, 4.69) is 34.9 Å². The van der Waals surface area contributed by atoms with Crippen LogP contribution < -0.4 is 10.6 Å². The predicted molar refractivity (Wildman–Crippen MR) is 64.3 cm³/mol. The van der Waals surface area contributed by atoms with Gasteiger partial charge >= 0.3 is 0 Å². The molecule has 16 heavy (non-hydrogen) atoms. The van der Waals surface area contributed by atoms with Crippen molar-refractivity contribution < 1.29 is 4.79 Å². The molecule has 2 unspecified atom stereocenters. The summed E-state index contributed by atoms with van der Waals surface area (Å²) >= 11 is 0. The Morgan fingerprint density at radius 2 is 2.12 bits per heavy atom. The molecule has 1 saturated carbocycles. The summed E-state index contributed by atoms with van der Waals surface area (Å²) in [5.74, 6) is 0.746. The second-order valence-electron chi connectivity index (χ2n) is 4.24. The van der Waals surface area contributed by atoms with E-state index in [0.717, 1.165) is 6.54 Å². The van der Waals surface area contributed by atoms with Crippen molar-refractivity contribution in [2.24, 2.45) is 0 Å². The fourth-order valence-corrected chi connectivity index (χ4v) is 1.99. The van der Waals surface area contributed by atoms with Crippen molar-refractivity contribution in [3.63, 3.8) is 0 Å². The van der Waals surface area contributed by atoms with Crippen LogP contribution in [-0.2, 0) is 4.79 Å². The second kappa shape index (κ2) is 5.12. The molecule has 1 aliphatic carbocycles. The third-order valence-corrected chi connectivity index (χ3v) is 3.06. The van der Waals surface area contributed by atoms with Crippen LogP contribution in [0.1, 0.15) is 24.3 Å². The first-order valence-electron chi connectivity index (χ1n) is 5.80. The molecule has 86 valence electrons. The summed E-state index contributed by atoms with van der Waals surface area (Å²) in [5, 5.41) is 6.03. The second-order valence-corrected chi connectivity index (χ2v) is 4.24. The Labute approximate surface area is 96.2 Å². The number of amides is 1. The molecule has 0 bridgehead atoms. The first-order valence-corrected chi connectivity index (χ1v) is 5.80. The van der Waals surface area contributed by atoms with E-state index in [4.69, 9.17) is 0 Å². The van der Waals surface area contributed by atoms with Crippen molar-refractivity contribution in [3.8, 4) is 0 Å². The molecular weight excluding hydrogens is 200 g/mol. The van der Waals surface area contributed by atoms with Crippen LogP contribution in [0.5, 0.6) is 0 Å². The van der Waals surface area contributed by atoms with E-state index in [1.54, 1.807) is 7.05 Å². The lowest BCUT2D eigenvalue weighted by Gasteiger charge is -2.03. The Morgan fingerprint density at radius 3 is 2.81 bits per heavy atom. The van der Waals surface area contributed by atoms with E-state index >= 15 is 0 Å². The average molecular weight is 218 g/mol. The fraction of sp³-hybridized carbons (Fsp3) is 0.462. The third-order valence-electron chi connectivity index (χ3n) is 3.06. The largest absolute Gasteiger partial charge is 0.359 e. The van der Waals surface area contributed by atoms with Gasteiger partial charge in [-0.3, -0.25) is 4.79 Å². The maximum Gasteiger partial charge on any atom is 0.221 e. The minimum atomic E-state index is 0.101. The molecule has 3 heteroatoms. The number of hydrogen-bond donors (Lipinski definition) is 2. The van der Waals surface area contributed by atoms with Gasteiger partial charge in [0.25, 0.3) is 0 Å². The molecule has 0 aromatic heterocycles. The van der Waals surface area contributed by atoms with Crippen LogP contribution >= 0.6 is 0 Å². The molecule has 2 N–H and O–H groups in total. The Balaban J connectivity index is 1.70. The molecule has 0 heterocycles. The van der Waals surface area contributed by atoms with E-state index in [9.17, 15) is 4.79 Å². The molecule has 1 aliphatic rings. The number of carbonyl (C=O) groups is 1. The molecule has 3 nitrogen and oxygen atoms in total. The highest BCUT2D eigenvalue weighted by Gasteiger charge is 2.37. The molecule has 2 atom stereocenters. The molecule has 1 amide bonds. The minimum absolute atomic E-state index is 0.101. The van der Waals surface area contributed by atoms with Crippen LogP contribution in [0.2, 0.25) is 0 Å². The summed E-state index contributed by atoms with van der Waals surface area (Å²) in [6, 6.07) is 11.1. The topological polar surface area (TPSA) is 41.1 Å². The first kappa shape index (κ1) is 11.1. The van der Waals surface area contributed by atoms with Gasteiger partial charge in [-0.1, -0.05) is 30.3 Å². The van der Waals surface area contributed by atoms with E-state index in [0.29, 0.717) is 18.4 Å². The van der Waals surface area contributed by atoms with Crippen LogP contribution in [0.3, 0.4) is 0 Å². The predicted octanol–water partition coefficient (Wildman–Crippen LogP) is 1.27. The molecule has 0 radical (unpaired) electrons. The van der Waals surface area contributed by atoms with Gasteiger partial charge in [-0.25, -0.2) is 0 Å². The molecule has 0 aliphatic heterocycles. The van der Waals surface area contributed by atoms with E-state index in [1.807, 2.05) is 6.07 Å². The van der Waals surface area contributed by atoms with Gasteiger partial charge in [0.15, 0.2) is 0 Å². The highest BCUT2D eigenvalue weighted by atomic mass is 16.1. The Bertz CT molecular complexity index is 350. The maximum absolute atomic E-state index is 11.0. The van der Waals surface area contributed by atoms with E-state index in [1.165, 1.54) is 12.0 Å². The van der Waals surface area contributed by atoms with Gasteiger partial charge in [0.05, 0.1) is 0 Å². The summed E-state index contributed by atoms with van der Waals surface area (Å²) in [4.78, 5) is 11.0. The van der Waals surface area contributed by atoms with Crippen LogP contribution in [-0.4, -0.2) is 25.5 Å². The monoisotopic (exact) mass is 218 g/mol. The summed E-state index contributed by atoms with van der Waals surface area (Å²) in [6.45, 7) is 0.772. The van der Waals surface area contributed by atoms with Crippen molar-refractivity contribution in [2.45, 2.75) is 24.8 Å². The molecular formula is C13H18N2O. The lowest BCUT2D eigenvalue weighted by atomic mass is 10.1. The Kier molecular flexibility index (Phi) is 3.57. The minimum Gasteiger partial charge on any atom is -0.359 e. The fourth-order valence-electron chi connectivity index (χ4n) is 1.99. The van der Waals surface area contributed by atoms with Crippen LogP contribution in [0.25, 0.3) is 0 Å². The molecule has 0 spiro atoms. The van der Waals surface area contributed by atoms with E-state index < -0.39 is 0 Å². The lowest BCUT2D eigenvalue weighted by Crippen LogP contribution is -2.26. The molecule has 0 saturated heterocycles. The van der Waals surface area contributed by atoms with Crippen LogP contribution in [0.15, 0.2) is 30.3 Å². The van der Waals surface area contributed by atoms with Crippen molar-refractivity contribution in [1.29, 1.82) is 0 Å². The van der Waals surface area contributed by atoms with Crippen molar-refractivity contribution in [2.75, 3.05) is 13.6 Å². The summed E-state index contributed by atoms with van der Waals surface area (Å²) in [6.07, 6.45) is 1.76. The summed E-state index contributed by atoms with van der Waals surface area (Å²) < 4.78 is 0. The summed E-state index contributed by atoms with van der Waals surface area (Å²) in [7, 11) is 1.67. The first-order chi connectivity index (χ1) is 7.81. The highest BCUT2D eigenvalue weighted by molar-refractivity contribution is 5.75. The van der Waals surface area contributed by atoms with Gasteiger partial charge in [0, 0.05) is 32.0 Å². The third kappa shape index (κ3) is 2.83. The number of nitrogens with one attached hydrogen (secondary N) is 2. The SMILES string of the molecule is CNC(=O)CCNC1CC1c1ccccc1. The standard InChI is InChI=1S/C13H18N2O/c1-14-13(16)7-8-15-12-9-11(12)10-5-3-2-4-6-10/h2-6,11-12,15H,7-9H2,1H3,(H,14,16). The molecule has 1 fully saturated rings. The van der Waals surface area contributed by atoms with Gasteiger partial charge < -0.3 is 10.6 Å². The molecule has 1 aromatic rings. The zero-order valence-corrected chi connectivity index (χ0v) is 9.57. The highest BCUT2D eigenvalue weighted by Crippen LogP contribution is 2.40. The van der Waals surface area contributed by atoms with Crippen molar-refractivity contribution in [3.05, 3.63) is 35.9 Å². The number of benzene rings is 1. The van der Waals surface area contributed by atoms with Crippen molar-refractivity contribution >= 4 is 5.91 Å². The normalized spacial score (nSPS) is 22.8. The molecule has 1 aromatic carbocycles. The zero-order valence-electron chi connectivity index (χ0n) is 9.57. The van der Waals surface area contributed by atoms with Gasteiger partial charge in [-0.15, -0.1) is 0 Å². The van der Waals surface area contributed by atoms with Crippen LogP contribution in [0, 0.1) is 0 Å². The van der Waals surface area contributed by atoms with E-state index in [-0.39, 0.29) is 5.91 Å².